The highest BCUT2D eigenvalue weighted by molar-refractivity contribution is 7.91. The largest absolute Gasteiger partial charge is 0.481 e. The third-order valence-electron chi connectivity index (χ3n) is 4.26. The van der Waals surface area contributed by atoms with Crippen LogP contribution in [0.4, 0.5) is 0 Å². The minimum atomic E-state index is -3.05. The molecule has 0 saturated carbocycles. The predicted molar refractivity (Wildman–Crippen MR) is 82.1 cm³/mol. The molecule has 2 rings (SSSR count). The normalized spacial score (nSPS) is 22.3. The van der Waals surface area contributed by atoms with Crippen molar-refractivity contribution in [3.05, 3.63) is 35.4 Å². The molecule has 1 heterocycles. The van der Waals surface area contributed by atoms with Crippen LogP contribution in [0.3, 0.4) is 0 Å². The lowest BCUT2D eigenvalue weighted by molar-refractivity contribution is -0.143. The molecule has 0 spiro atoms. The summed E-state index contributed by atoms with van der Waals surface area (Å²) >= 11 is 0. The van der Waals surface area contributed by atoms with Crippen molar-refractivity contribution in [3.63, 3.8) is 0 Å². The van der Waals surface area contributed by atoms with Gasteiger partial charge < -0.3 is 5.11 Å². The summed E-state index contributed by atoms with van der Waals surface area (Å²) in [7, 11) is -3.05. The molecule has 1 N–H and O–H groups in total. The Hall–Kier alpha value is -1.36. The highest BCUT2D eigenvalue weighted by atomic mass is 32.2. The Morgan fingerprint density at radius 2 is 1.90 bits per heavy atom. The number of benzene rings is 1. The van der Waals surface area contributed by atoms with Crippen LogP contribution in [0.2, 0.25) is 0 Å². The van der Waals surface area contributed by atoms with Crippen LogP contribution in [0.5, 0.6) is 0 Å². The molecule has 1 aliphatic heterocycles. The van der Waals surface area contributed by atoms with E-state index in [0.29, 0.717) is 18.8 Å². The maximum Gasteiger partial charge on any atom is 0.307 e. The Balaban J connectivity index is 2.12. The topological polar surface area (TPSA) is 71.4 Å². The average Bonchev–Trinajstić information content (AvgIpc) is 2.76. The summed E-state index contributed by atoms with van der Waals surface area (Å²) in [6, 6.07) is 7.94. The third kappa shape index (κ3) is 4.06. The van der Waals surface area contributed by atoms with Crippen molar-refractivity contribution in [2.75, 3.05) is 11.5 Å². The molecule has 1 aliphatic rings. The highest BCUT2D eigenvalue weighted by Gasteiger charge is 2.37. The van der Waals surface area contributed by atoms with Crippen molar-refractivity contribution in [1.82, 2.24) is 0 Å². The summed E-state index contributed by atoms with van der Waals surface area (Å²) < 4.78 is 23.1. The van der Waals surface area contributed by atoms with Crippen LogP contribution in [-0.2, 0) is 21.1 Å². The molecule has 2 atom stereocenters. The molecule has 1 aromatic rings. The number of hydrogen-bond acceptors (Lipinski definition) is 3. The van der Waals surface area contributed by atoms with E-state index in [0.717, 1.165) is 5.56 Å². The summed E-state index contributed by atoms with van der Waals surface area (Å²) in [5.74, 6) is -1.22. The van der Waals surface area contributed by atoms with E-state index in [1.807, 2.05) is 24.3 Å². The quantitative estimate of drug-likeness (QED) is 0.907. The van der Waals surface area contributed by atoms with Gasteiger partial charge in [0.05, 0.1) is 17.4 Å². The molecular formula is C16H22O4S. The smallest absolute Gasteiger partial charge is 0.307 e. The Morgan fingerprint density at radius 1 is 1.29 bits per heavy atom. The molecule has 1 fully saturated rings. The van der Waals surface area contributed by atoms with Gasteiger partial charge in [0, 0.05) is 0 Å². The van der Waals surface area contributed by atoms with Gasteiger partial charge in [0.2, 0.25) is 0 Å². The molecule has 0 bridgehead atoms. The standard InChI is InChI=1S/C16H22O4S/c1-11(2)13-5-3-12(4-6-13)9-15(16(17)18)14-7-8-21(19,20)10-14/h3-6,11,14-15H,7-10H2,1-2H3,(H,17,18). The second kappa shape index (κ2) is 6.18. The molecule has 1 aromatic carbocycles. The molecule has 0 radical (unpaired) electrons. The van der Waals surface area contributed by atoms with E-state index in [9.17, 15) is 18.3 Å². The zero-order chi connectivity index (χ0) is 15.6. The highest BCUT2D eigenvalue weighted by Crippen LogP contribution is 2.29. The number of carboxylic acids is 1. The van der Waals surface area contributed by atoms with Crippen LogP contribution in [0.1, 0.15) is 37.3 Å². The Kier molecular flexibility index (Phi) is 4.71. The van der Waals surface area contributed by atoms with E-state index in [4.69, 9.17) is 0 Å². The van der Waals surface area contributed by atoms with Crippen molar-refractivity contribution in [2.45, 2.75) is 32.6 Å². The minimum absolute atomic E-state index is 0.00798. The third-order valence-corrected chi connectivity index (χ3v) is 6.05. The molecule has 2 unspecified atom stereocenters. The first-order valence-corrected chi connectivity index (χ1v) is 9.12. The predicted octanol–water partition coefficient (Wildman–Crippen LogP) is 2.49. The number of sulfone groups is 1. The number of hydrogen-bond donors (Lipinski definition) is 1. The summed E-state index contributed by atoms with van der Waals surface area (Å²) in [4.78, 5) is 11.5. The number of carboxylic acid groups (broad SMARTS) is 1. The molecule has 1 saturated heterocycles. The van der Waals surface area contributed by atoms with Gasteiger partial charge in [-0.15, -0.1) is 0 Å². The van der Waals surface area contributed by atoms with Crippen molar-refractivity contribution < 1.29 is 18.3 Å². The van der Waals surface area contributed by atoms with Gasteiger partial charge in [0.15, 0.2) is 9.84 Å². The molecule has 0 aliphatic carbocycles. The van der Waals surface area contributed by atoms with Gasteiger partial charge in [-0.1, -0.05) is 38.1 Å². The molecular weight excluding hydrogens is 288 g/mol. The maximum atomic E-state index is 11.5. The Labute approximate surface area is 126 Å². The summed E-state index contributed by atoms with van der Waals surface area (Å²) in [6.07, 6.45) is 0.858. The van der Waals surface area contributed by atoms with E-state index < -0.39 is 21.7 Å². The fourth-order valence-corrected chi connectivity index (χ4v) is 4.77. The van der Waals surface area contributed by atoms with Gasteiger partial charge in [-0.25, -0.2) is 8.42 Å². The molecule has 21 heavy (non-hydrogen) atoms. The van der Waals surface area contributed by atoms with Crippen LogP contribution in [-0.4, -0.2) is 31.0 Å². The van der Waals surface area contributed by atoms with Gasteiger partial charge >= 0.3 is 5.97 Å². The fourth-order valence-electron chi connectivity index (χ4n) is 2.89. The summed E-state index contributed by atoms with van der Waals surface area (Å²) in [5.41, 5.74) is 2.17. The van der Waals surface area contributed by atoms with Crippen molar-refractivity contribution in [3.8, 4) is 0 Å². The zero-order valence-electron chi connectivity index (χ0n) is 12.5. The van der Waals surface area contributed by atoms with Gasteiger partial charge in [-0.3, -0.25) is 4.79 Å². The van der Waals surface area contributed by atoms with Crippen LogP contribution in [0.25, 0.3) is 0 Å². The molecule has 5 heteroatoms. The lowest BCUT2D eigenvalue weighted by Crippen LogP contribution is -2.26. The van der Waals surface area contributed by atoms with Gasteiger partial charge in [0.25, 0.3) is 0 Å². The number of rotatable bonds is 5. The SMILES string of the molecule is CC(C)c1ccc(CC(C(=O)O)C2CCS(=O)(=O)C2)cc1. The number of aliphatic carboxylic acids is 1. The van der Waals surface area contributed by atoms with E-state index in [2.05, 4.69) is 13.8 Å². The minimum Gasteiger partial charge on any atom is -0.481 e. The first-order chi connectivity index (χ1) is 9.78. The molecule has 0 amide bonds. The molecule has 0 aromatic heterocycles. The summed E-state index contributed by atoms with van der Waals surface area (Å²) in [5, 5.41) is 9.41. The first-order valence-electron chi connectivity index (χ1n) is 7.30. The zero-order valence-corrected chi connectivity index (χ0v) is 13.3. The Bertz CT molecular complexity index is 602. The number of carbonyl (C=O) groups is 1. The lowest BCUT2D eigenvalue weighted by Gasteiger charge is -2.18. The van der Waals surface area contributed by atoms with E-state index in [1.165, 1.54) is 5.56 Å². The van der Waals surface area contributed by atoms with Crippen molar-refractivity contribution in [1.29, 1.82) is 0 Å². The van der Waals surface area contributed by atoms with E-state index in [1.54, 1.807) is 0 Å². The second-order valence-corrected chi connectivity index (χ2v) is 8.44. The van der Waals surface area contributed by atoms with E-state index >= 15 is 0 Å². The molecule has 4 nitrogen and oxygen atoms in total. The van der Waals surface area contributed by atoms with Crippen LogP contribution in [0.15, 0.2) is 24.3 Å². The Morgan fingerprint density at radius 3 is 2.33 bits per heavy atom. The van der Waals surface area contributed by atoms with Gasteiger partial charge in [0.1, 0.15) is 0 Å². The maximum absolute atomic E-state index is 11.5. The summed E-state index contributed by atoms with van der Waals surface area (Å²) in [6.45, 7) is 4.22. The van der Waals surface area contributed by atoms with Crippen LogP contribution in [0, 0.1) is 11.8 Å². The van der Waals surface area contributed by atoms with Gasteiger partial charge in [-0.05, 0) is 35.8 Å². The second-order valence-electron chi connectivity index (χ2n) is 6.21. The van der Waals surface area contributed by atoms with Gasteiger partial charge in [-0.2, -0.15) is 0 Å². The van der Waals surface area contributed by atoms with Crippen LogP contribution >= 0.6 is 0 Å². The first kappa shape index (κ1) is 16.0. The monoisotopic (exact) mass is 310 g/mol. The van der Waals surface area contributed by atoms with Crippen LogP contribution < -0.4 is 0 Å². The lowest BCUT2D eigenvalue weighted by atomic mass is 9.86. The van der Waals surface area contributed by atoms with Crippen molar-refractivity contribution >= 4 is 15.8 Å². The molecule has 116 valence electrons. The van der Waals surface area contributed by atoms with E-state index in [-0.39, 0.29) is 17.4 Å². The van der Waals surface area contributed by atoms with Crippen molar-refractivity contribution in [2.24, 2.45) is 11.8 Å². The average molecular weight is 310 g/mol. The fraction of sp³-hybridized carbons (Fsp3) is 0.562.